The predicted molar refractivity (Wildman–Crippen MR) is 97.3 cm³/mol. The minimum atomic E-state index is -0.784. The predicted octanol–water partition coefficient (Wildman–Crippen LogP) is 2.93. The molecule has 0 radical (unpaired) electrons. The van der Waals surface area contributed by atoms with Crippen LogP contribution in [-0.4, -0.2) is 39.7 Å². The Bertz CT molecular complexity index is 762. The molecule has 7 nitrogen and oxygen atoms in total. The molecule has 1 saturated carbocycles. The Morgan fingerprint density at radius 1 is 1.22 bits per heavy atom. The zero-order valence-electron chi connectivity index (χ0n) is 15.4. The van der Waals surface area contributed by atoms with E-state index in [1.807, 2.05) is 6.07 Å². The van der Waals surface area contributed by atoms with Crippen molar-refractivity contribution in [3.63, 3.8) is 0 Å². The number of furan rings is 1. The quantitative estimate of drug-likeness (QED) is 0.807. The molecule has 1 N–H and O–H groups in total. The molecule has 0 atom stereocenters. The molecule has 144 valence electrons. The lowest BCUT2D eigenvalue weighted by Gasteiger charge is -2.28. The second-order valence-corrected chi connectivity index (χ2v) is 7.61. The third-order valence-electron chi connectivity index (χ3n) is 5.81. The second kappa shape index (κ2) is 7.21. The first kappa shape index (κ1) is 17.8. The van der Waals surface area contributed by atoms with Gasteiger partial charge in [-0.2, -0.15) is 0 Å². The van der Waals surface area contributed by atoms with Gasteiger partial charge in [0.15, 0.2) is 0 Å². The van der Waals surface area contributed by atoms with E-state index in [1.54, 1.807) is 17.2 Å². The van der Waals surface area contributed by atoms with E-state index in [-0.39, 0.29) is 18.4 Å². The number of nitrogens with one attached hydrogen (secondary N) is 1. The van der Waals surface area contributed by atoms with Crippen LogP contribution in [0.15, 0.2) is 34.6 Å². The number of hydrogen-bond acceptors (Lipinski definition) is 4. The molecule has 1 spiro atoms. The summed E-state index contributed by atoms with van der Waals surface area (Å²) in [5.41, 5.74) is 0.165. The minimum Gasteiger partial charge on any atom is -0.467 e. The lowest BCUT2D eigenvalue weighted by Crippen LogP contribution is -2.45. The molecule has 4 rings (SSSR count). The first-order chi connectivity index (χ1) is 13.1. The van der Waals surface area contributed by atoms with Crippen LogP contribution in [0, 0.1) is 0 Å². The highest BCUT2D eigenvalue weighted by molar-refractivity contribution is 6.09. The number of hydrogen-bond donors (Lipinski definition) is 1. The Hall–Kier alpha value is -2.57. The van der Waals surface area contributed by atoms with Gasteiger partial charge in [-0.1, -0.05) is 18.9 Å². The van der Waals surface area contributed by atoms with E-state index in [4.69, 9.17) is 4.42 Å². The Labute approximate surface area is 158 Å². The number of carbonyl (C=O) groups is 3. The largest absolute Gasteiger partial charge is 0.467 e. The van der Waals surface area contributed by atoms with Gasteiger partial charge >= 0.3 is 6.03 Å². The Balaban J connectivity index is 1.52. The Morgan fingerprint density at radius 3 is 2.70 bits per heavy atom. The average Bonchev–Trinajstić information content (AvgIpc) is 3.40. The van der Waals surface area contributed by atoms with Crippen molar-refractivity contribution in [3.8, 4) is 0 Å². The molecule has 0 bridgehead atoms. The van der Waals surface area contributed by atoms with Crippen LogP contribution in [0.5, 0.6) is 0 Å². The van der Waals surface area contributed by atoms with Gasteiger partial charge in [-0.25, -0.2) is 4.79 Å². The second-order valence-electron chi connectivity index (χ2n) is 7.61. The van der Waals surface area contributed by atoms with Gasteiger partial charge in [0.2, 0.25) is 5.91 Å². The lowest BCUT2D eigenvalue weighted by molar-refractivity contribution is -0.138. The van der Waals surface area contributed by atoms with Gasteiger partial charge < -0.3 is 14.6 Å². The maximum Gasteiger partial charge on any atom is 0.325 e. The van der Waals surface area contributed by atoms with E-state index >= 15 is 0 Å². The fourth-order valence-corrected chi connectivity index (χ4v) is 4.33. The van der Waals surface area contributed by atoms with Gasteiger partial charge in [-0.3, -0.25) is 14.5 Å². The number of imide groups is 1. The summed E-state index contributed by atoms with van der Waals surface area (Å²) in [6.45, 7) is 0.0803. The van der Waals surface area contributed by atoms with Gasteiger partial charge in [-0.15, -0.1) is 0 Å². The first-order valence-electron chi connectivity index (χ1n) is 9.75. The Morgan fingerprint density at radius 2 is 2.04 bits per heavy atom. The molecule has 27 heavy (non-hydrogen) atoms. The molecular weight excluding hydrogens is 346 g/mol. The van der Waals surface area contributed by atoms with Crippen molar-refractivity contribution in [1.82, 2.24) is 15.1 Å². The highest BCUT2D eigenvalue weighted by Gasteiger charge is 2.52. The molecular formula is C20H25N3O4. The molecule has 2 fully saturated rings. The summed E-state index contributed by atoms with van der Waals surface area (Å²) >= 11 is 0. The number of rotatable bonds is 5. The van der Waals surface area contributed by atoms with Crippen LogP contribution < -0.4 is 5.32 Å². The summed E-state index contributed by atoms with van der Waals surface area (Å²) in [7, 11) is 0. The lowest BCUT2D eigenvalue weighted by atomic mass is 9.98. The molecule has 1 aromatic rings. The molecule has 1 aliphatic heterocycles. The topological polar surface area (TPSA) is 82.9 Å². The van der Waals surface area contributed by atoms with Crippen molar-refractivity contribution >= 4 is 17.8 Å². The summed E-state index contributed by atoms with van der Waals surface area (Å²) in [6.07, 6.45) is 10.7. The molecule has 2 aliphatic carbocycles. The monoisotopic (exact) mass is 371 g/mol. The third kappa shape index (κ3) is 3.38. The third-order valence-corrected chi connectivity index (χ3v) is 5.81. The summed E-state index contributed by atoms with van der Waals surface area (Å²) < 4.78 is 5.41. The molecule has 7 heteroatoms. The van der Waals surface area contributed by atoms with Crippen LogP contribution in [0.25, 0.3) is 0 Å². The van der Waals surface area contributed by atoms with Gasteiger partial charge in [0.1, 0.15) is 17.8 Å². The maximum atomic E-state index is 13.1. The van der Waals surface area contributed by atoms with Gasteiger partial charge in [-0.05, 0) is 50.7 Å². The normalized spacial score (nSPS) is 21.5. The molecule has 1 saturated heterocycles. The van der Waals surface area contributed by atoms with Crippen LogP contribution >= 0.6 is 0 Å². The van der Waals surface area contributed by atoms with Crippen LogP contribution in [0.2, 0.25) is 0 Å². The van der Waals surface area contributed by atoms with Crippen molar-refractivity contribution in [2.75, 3.05) is 6.54 Å². The maximum absolute atomic E-state index is 13.1. The van der Waals surface area contributed by atoms with E-state index in [9.17, 15) is 14.4 Å². The van der Waals surface area contributed by atoms with Crippen molar-refractivity contribution < 1.29 is 18.8 Å². The number of allylic oxidation sites excluding steroid dienone is 2. The van der Waals surface area contributed by atoms with E-state index in [1.165, 1.54) is 0 Å². The minimum absolute atomic E-state index is 0.232. The van der Waals surface area contributed by atoms with E-state index in [0.29, 0.717) is 25.1 Å². The Kier molecular flexibility index (Phi) is 4.76. The summed E-state index contributed by atoms with van der Waals surface area (Å²) in [5.74, 6) is 0.173. The number of amides is 4. The van der Waals surface area contributed by atoms with Gasteiger partial charge in [0, 0.05) is 5.70 Å². The zero-order valence-corrected chi connectivity index (χ0v) is 15.4. The fraction of sp³-hybridized carbons (Fsp3) is 0.550. The van der Waals surface area contributed by atoms with E-state index in [0.717, 1.165) is 49.1 Å². The SMILES string of the molecule is O=C(CN1C(=O)NC2(CCCC2)C1=O)N(Cc1ccco1)C1=CCCCC1. The zero-order chi connectivity index (χ0) is 18.9. The first-order valence-corrected chi connectivity index (χ1v) is 9.75. The molecule has 1 aromatic heterocycles. The van der Waals surface area contributed by atoms with Crippen molar-refractivity contribution in [3.05, 3.63) is 35.9 Å². The highest BCUT2D eigenvalue weighted by atomic mass is 16.3. The molecule has 0 aromatic carbocycles. The smallest absolute Gasteiger partial charge is 0.325 e. The molecule has 2 heterocycles. The summed E-state index contributed by atoms with van der Waals surface area (Å²) in [4.78, 5) is 41.1. The average molecular weight is 371 g/mol. The number of carbonyl (C=O) groups excluding carboxylic acids is 3. The van der Waals surface area contributed by atoms with Crippen LogP contribution in [0.4, 0.5) is 4.79 Å². The number of urea groups is 1. The highest BCUT2D eigenvalue weighted by Crippen LogP contribution is 2.35. The van der Waals surface area contributed by atoms with Crippen molar-refractivity contribution in [2.45, 2.75) is 63.5 Å². The van der Waals surface area contributed by atoms with Crippen molar-refractivity contribution in [1.29, 1.82) is 0 Å². The van der Waals surface area contributed by atoms with Crippen LogP contribution in [-0.2, 0) is 16.1 Å². The van der Waals surface area contributed by atoms with Crippen LogP contribution in [0.1, 0.15) is 57.1 Å². The van der Waals surface area contributed by atoms with E-state index < -0.39 is 11.6 Å². The number of nitrogens with zero attached hydrogens (tertiary/aromatic N) is 2. The van der Waals surface area contributed by atoms with Crippen LogP contribution in [0.3, 0.4) is 0 Å². The fourth-order valence-electron chi connectivity index (χ4n) is 4.33. The molecule has 4 amide bonds. The van der Waals surface area contributed by atoms with E-state index in [2.05, 4.69) is 11.4 Å². The van der Waals surface area contributed by atoms with Gasteiger partial charge in [0.25, 0.3) is 5.91 Å². The molecule has 0 unspecified atom stereocenters. The van der Waals surface area contributed by atoms with Crippen molar-refractivity contribution in [2.24, 2.45) is 0 Å². The molecule has 3 aliphatic rings. The summed E-state index contributed by atoms with van der Waals surface area (Å²) in [5, 5.41) is 2.83. The standard InChI is InChI=1S/C20H25N3O4/c24-17(14-23-18(25)20(21-19(23)26)10-4-5-11-20)22(13-16-9-6-12-27-16)15-7-2-1-3-8-15/h6-7,9,12H,1-5,8,10-11,13-14H2,(H,21,26). The van der Waals surface area contributed by atoms with Gasteiger partial charge in [0.05, 0.1) is 12.8 Å². The summed E-state index contributed by atoms with van der Waals surface area (Å²) in [6, 6.07) is 3.16.